The van der Waals surface area contributed by atoms with Crippen molar-refractivity contribution in [3.05, 3.63) is 12.3 Å². The number of likely N-dealkylation sites (N-methyl/N-ethyl adjacent to an activating group) is 1. The van der Waals surface area contributed by atoms with E-state index in [2.05, 4.69) is 15.7 Å². The molecule has 0 aliphatic rings. The number of carbonyl (C=O) groups excluding carboxylic acids is 1. The topological polar surface area (TPSA) is 59.0 Å². The molecule has 0 bridgehead atoms. The summed E-state index contributed by atoms with van der Waals surface area (Å²) >= 11 is 0. The van der Waals surface area contributed by atoms with Crippen molar-refractivity contribution in [2.75, 3.05) is 11.9 Å². The maximum atomic E-state index is 11.9. The molecule has 1 aromatic heterocycles. The Labute approximate surface area is 89.9 Å². The zero-order chi connectivity index (χ0) is 11.5. The van der Waals surface area contributed by atoms with E-state index in [1.807, 2.05) is 20.8 Å². The molecule has 84 valence electrons. The van der Waals surface area contributed by atoms with Gasteiger partial charge in [0.1, 0.15) is 5.82 Å². The van der Waals surface area contributed by atoms with E-state index in [1.165, 1.54) is 0 Å². The molecule has 0 saturated carbocycles. The van der Waals surface area contributed by atoms with Crippen LogP contribution in [0.25, 0.3) is 0 Å². The molecule has 0 fully saturated rings. The molecule has 1 amide bonds. The predicted octanol–water partition coefficient (Wildman–Crippen LogP) is 0.747. The lowest BCUT2D eigenvalue weighted by atomic mass is 10.0. The monoisotopic (exact) mass is 210 g/mol. The van der Waals surface area contributed by atoms with Gasteiger partial charge < -0.3 is 10.6 Å². The Balaban J connectivity index is 2.67. The van der Waals surface area contributed by atoms with Gasteiger partial charge in [-0.3, -0.25) is 9.48 Å². The first-order valence-corrected chi connectivity index (χ1v) is 5.02. The molecule has 0 spiro atoms. The molecular weight excluding hydrogens is 192 g/mol. The van der Waals surface area contributed by atoms with Crippen molar-refractivity contribution in [1.29, 1.82) is 0 Å². The average Bonchev–Trinajstić information content (AvgIpc) is 2.52. The third kappa shape index (κ3) is 2.79. The summed E-state index contributed by atoms with van der Waals surface area (Å²) in [5, 5.41) is 9.91. The van der Waals surface area contributed by atoms with Crippen LogP contribution in [-0.2, 0) is 11.8 Å². The lowest BCUT2D eigenvalue weighted by Gasteiger charge is -2.24. The number of aromatic nitrogens is 2. The van der Waals surface area contributed by atoms with Crippen molar-refractivity contribution >= 4 is 11.7 Å². The van der Waals surface area contributed by atoms with E-state index in [4.69, 9.17) is 0 Å². The summed E-state index contributed by atoms with van der Waals surface area (Å²) in [5.41, 5.74) is -0.570. The van der Waals surface area contributed by atoms with Crippen LogP contribution in [0.3, 0.4) is 0 Å². The number of anilines is 1. The lowest BCUT2D eigenvalue weighted by molar-refractivity contribution is -0.121. The molecule has 2 N–H and O–H groups in total. The molecule has 5 nitrogen and oxygen atoms in total. The number of nitrogens with one attached hydrogen (secondary N) is 2. The number of hydrogen-bond acceptors (Lipinski definition) is 3. The Morgan fingerprint density at radius 3 is 2.73 bits per heavy atom. The molecule has 0 aliphatic carbocycles. The van der Waals surface area contributed by atoms with Crippen LogP contribution in [0.1, 0.15) is 20.8 Å². The van der Waals surface area contributed by atoms with Gasteiger partial charge >= 0.3 is 0 Å². The Hall–Kier alpha value is -1.36. The van der Waals surface area contributed by atoms with Crippen molar-refractivity contribution in [3.63, 3.8) is 0 Å². The van der Waals surface area contributed by atoms with Gasteiger partial charge in [0.25, 0.3) is 0 Å². The van der Waals surface area contributed by atoms with E-state index in [-0.39, 0.29) is 5.91 Å². The van der Waals surface area contributed by atoms with Crippen molar-refractivity contribution in [2.24, 2.45) is 7.05 Å². The molecule has 0 radical (unpaired) electrons. The average molecular weight is 210 g/mol. The van der Waals surface area contributed by atoms with Gasteiger partial charge in [-0.2, -0.15) is 5.10 Å². The van der Waals surface area contributed by atoms with E-state index in [1.54, 1.807) is 24.0 Å². The Bertz CT molecular complexity index is 343. The highest BCUT2D eigenvalue weighted by atomic mass is 16.2. The summed E-state index contributed by atoms with van der Waals surface area (Å²) in [5.74, 6) is 0.638. The predicted molar refractivity (Wildman–Crippen MR) is 59.6 cm³/mol. The van der Waals surface area contributed by atoms with Gasteiger partial charge in [-0.25, -0.2) is 0 Å². The zero-order valence-corrected chi connectivity index (χ0v) is 9.66. The van der Waals surface area contributed by atoms with E-state index in [0.29, 0.717) is 5.82 Å². The SMILES string of the molecule is CCNC(C)(C)C(=O)Nc1ccnn1C. The van der Waals surface area contributed by atoms with Crippen LogP contribution >= 0.6 is 0 Å². The Morgan fingerprint density at radius 1 is 1.60 bits per heavy atom. The van der Waals surface area contributed by atoms with Gasteiger partial charge in [0, 0.05) is 13.1 Å². The summed E-state index contributed by atoms with van der Waals surface area (Å²) in [6.07, 6.45) is 1.65. The van der Waals surface area contributed by atoms with Gasteiger partial charge in [-0.15, -0.1) is 0 Å². The number of hydrogen-bond donors (Lipinski definition) is 2. The van der Waals surface area contributed by atoms with E-state index >= 15 is 0 Å². The minimum atomic E-state index is -0.570. The second kappa shape index (κ2) is 4.44. The summed E-state index contributed by atoms with van der Waals surface area (Å²) < 4.78 is 1.62. The number of amides is 1. The van der Waals surface area contributed by atoms with Crippen molar-refractivity contribution < 1.29 is 4.79 Å². The third-order valence-corrected chi connectivity index (χ3v) is 2.25. The van der Waals surface area contributed by atoms with Crippen molar-refractivity contribution in [3.8, 4) is 0 Å². The van der Waals surface area contributed by atoms with Gasteiger partial charge in [-0.05, 0) is 20.4 Å². The Morgan fingerprint density at radius 2 is 2.27 bits per heavy atom. The molecule has 0 atom stereocenters. The van der Waals surface area contributed by atoms with E-state index < -0.39 is 5.54 Å². The first-order chi connectivity index (χ1) is 6.97. The van der Waals surface area contributed by atoms with Crippen LogP contribution in [0.15, 0.2) is 12.3 Å². The van der Waals surface area contributed by atoms with Crippen molar-refractivity contribution in [1.82, 2.24) is 15.1 Å². The smallest absolute Gasteiger partial charge is 0.245 e. The lowest BCUT2D eigenvalue weighted by Crippen LogP contribution is -2.49. The molecule has 0 saturated heterocycles. The second-order valence-electron chi connectivity index (χ2n) is 3.95. The fourth-order valence-electron chi connectivity index (χ4n) is 1.29. The summed E-state index contributed by atoms with van der Waals surface area (Å²) in [6.45, 7) is 6.43. The zero-order valence-electron chi connectivity index (χ0n) is 9.66. The fraction of sp³-hybridized carbons (Fsp3) is 0.600. The maximum Gasteiger partial charge on any atom is 0.245 e. The number of rotatable bonds is 4. The highest BCUT2D eigenvalue weighted by Crippen LogP contribution is 2.09. The highest BCUT2D eigenvalue weighted by molar-refractivity contribution is 5.96. The van der Waals surface area contributed by atoms with Crippen LogP contribution < -0.4 is 10.6 Å². The van der Waals surface area contributed by atoms with Gasteiger partial charge in [0.15, 0.2) is 0 Å². The molecule has 0 unspecified atom stereocenters. The van der Waals surface area contributed by atoms with Gasteiger partial charge in [0.2, 0.25) is 5.91 Å². The molecule has 0 aromatic carbocycles. The molecule has 1 rings (SSSR count). The minimum absolute atomic E-state index is 0.0621. The number of nitrogens with zero attached hydrogens (tertiary/aromatic N) is 2. The molecule has 1 aromatic rings. The molecule has 5 heteroatoms. The second-order valence-corrected chi connectivity index (χ2v) is 3.95. The van der Waals surface area contributed by atoms with Crippen LogP contribution in [0.2, 0.25) is 0 Å². The molecule has 1 heterocycles. The molecular formula is C10H18N4O. The summed E-state index contributed by atoms with van der Waals surface area (Å²) in [4.78, 5) is 11.9. The normalized spacial score (nSPS) is 11.5. The third-order valence-electron chi connectivity index (χ3n) is 2.25. The minimum Gasteiger partial charge on any atom is -0.309 e. The molecule has 0 aliphatic heterocycles. The highest BCUT2D eigenvalue weighted by Gasteiger charge is 2.26. The van der Waals surface area contributed by atoms with E-state index in [9.17, 15) is 4.79 Å². The first-order valence-electron chi connectivity index (χ1n) is 5.02. The quantitative estimate of drug-likeness (QED) is 0.771. The van der Waals surface area contributed by atoms with Crippen LogP contribution in [-0.4, -0.2) is 27.8 Å². The summed E-state index contributed by atoms with van der Waals surface area (Å²) in [6, 6.07) is 1.76. The summed E-state index contributed by atoms with van der Waals surface area (Å²) in [7, 11) is 1.79. The molecule has 15 heavy (non-hydrogen) atoms. The number of carbonyl (C=O) groups is 1. The van der Waals surface area contributed by atoms with Crippen LogP contribution in [0, 0.1) is 0 Å². The van der Waals surface area contributed by atoms with Crippen molar-refractivity contribution in [2.45, 2.75) is 26.3 Å². The van der Waals surface area contributed by atoms with Gasteiger partial charge in [-0.1, -0.05) is 6.92 Å². The fourth-order valence-corrected chi connectivity index (χ4v) is 1.29. The van der Waals surface area contributed by atoms with E-state index in [0.717, 1.165) is 6.54 Å². The Kier molecular flexibility index (Phi) is 3.47. The van der Waals surface area contributed by atoms with Crippen LogP contribution in [0.5, 0.6) is 0 Å². The standard InChI is InChI=1S/C10H18N4O/c1-5-11-10(2,3)9(15)13-8-6-7-12-14(8)4/h6-7,11H,5H2,1-4H3,(H,13,15). The largest absolute Gasteiger partial charge is 0.309 e. The van der Waals surface area contributed by atoms with Crippen LogP contribution in [0.4, 0.5) is 5.82 Å². The maximum absolute atomic E-state index is 11.9. The van der Waals surface area contributed by atoms with Gasteiger partial charge in [0.05, 0.1) is 11.7 Å². The first kappa shape index (κ1) is 11.7. The number of aryl methyl sites for hydroxylation is 1.